The molecule has 1 aliphatic heterocycles. The molecule has 2 amide bonds. The highest BCUT2D eigenvalue weighted by molar-refractivity contribution is 5.74. The average Bonchev–Trinajstić information content (AvgIpc) is 3.34. The van der Waals surface area contributed by atoms with E-state index in [1.165, 1.54) is 0 Å². The minimum atomic E-state index is -0.674. The molecule has 0 radical (unpaired) electrons. The van der Waals surface area contributed by atoms with Crippen molar-refractivity contribution >= 4 is 6.03 Å². The maximum absolute atomic E-state index is 12.5. The normalized spacial score (nSPS) is 19.8. The Morgan fingerprint density at radius 2 is 2.40 bits per heavy atom. The van der Waals surface area contributed by atoms with Crippen molar-refractivity contribution in [3.05, 3.63) is 42.6 Å². The van der Waals surface area contributed by atoms with Gasteiger partial charge >= 0.3 is 6.03 Å². The number of urea groups is 1. The van der Waals surface area contributed by atoms with E-state index in [0.29, 0.717) is 24.6 Å². The molecule has 136 valence electrons. The second kappa shape index (κ2) is 8.20. The fraction of sp³-hybridized carbons (Fsp3) is 0.556. The summed E-state index contributed by atoms with van der Waals surface area (Å²) < 4.78 is 7.12. The number of aromatic nitrogens is 2. The molecule has 2 aromatic heterocycles. The van der Waals surface area contributed by atoms with Crippen LogP contribution in [0.2, 0.25) is 0 Å². The quantitative estimate of drug-likeness (QED) is 0.806. The number of carbonyl (C=O) groups excluding carboxylic acids is 1. The molecule has 0 spiro atoms. The molecule has 1 saturated heterocycles. The summed E-state index contributed by atoms with van der Waals surface area (Å²) in [6, 6.07) is 5.41. The summed E-state index contributed by atoms with van der Waals surface area (Å²) in [5, 5.41) is 17.5. The first-order valence-electron chi connectivity index (χ1n) is 8.87. The first kappa shape index (κ1) is 17.5. The van der Waals surface area contributed by atoms with Crippen molar-refractivity contribution < 1.29 is 14.3 Å². The van der Waals surface area contributed by atoms with E-state index in [0.717, 1.165) is 25.9 Å². The van der Waals surface area contributed by atoms with Gasteiger partial charge in [0, 0.05) is 44.5 Å². The monoisotopic (exact) mass is 346 g/mol. The van der Waals surface area contributed by atoms with Crippen molar-refractivity contribution in [2.75, 3.05) is 13.1 Å². The fourth-order valence-electron chi connectivity index (χ4n) is 3.36. The SMILES string of the molecule is CC(CNC(=O)N1CCCC1CC(O)c1ccco1)Cn1cccn1. The highest BCUT2D eigenvalue weighted by Gasteiger charge is 2.31. The number of likely N-dealkylation sites (tertiary alicyclic amines) is 1. The predicted molar refractivity (Wildman–Crippen MR) is 92.8 cm³/mol. The lowest BCUT2D eigenvalue weighted by molar-refractivity contribution is 0.107. The molecule has 3 heterocycles. The molecule has 0 aliphatic carbocycles. The third-order valence-corrected chi connectivity index (χ3v) is 4.66. The molecule has 2 N–H and O–H groups in total. The molecule has 3 rings (SSSR count). The Labute approximate surface area is 147 Å². The number of hydrogen-bond donors (Lipinski definition) is 2. The van der Waals surface area contributed by atoms with Gasteiger partial charge in [0.2, 0.25) is 0 Å². The predicted octanol–water partition coefficient (Wildman–Crippen LogP) is 2.41. The fourth-order valence-corrected chi connectivity index (χ4v) is 3.36. The van der Waals surface area contributed by atoms with E-state index in [9.17, 15) is 9.90 Å². The Balaban J connectivity index is 1.47. The maximum atomic E-state index is 12.5. The third kappa shape index (κ3) is 4.63. The van der Waals surface area contributed by atoms with Crippen LogP contribution in [0, 0.1) is 5.92 Å². The van der Waals surface area contributed by atoms with Crippen LogP contribution < -0.4 is 5.32 Å². The van der Waals surface area contributed by atoms with Crippen molar-refractivity contribution in [2.45, 2.75) is 44.9 Å². The van der Waals surface area contributed by atoms with Crippen LogP contribution >= 0.6 is 0 Å². The molecular weight excluding hydrogens is 320 g/mol. The van der Waals surface area contributed by atoms with Crippen molar-refractivity contribution in [2.24, 2.45) is 5.92 Å². The minimum Gasteiger partial charge on any atom is -0.467 e. The van der Waals surface area contributed by atoms with E-state index in [1.807, 2.05) is 21.8 Å². The Bertz CT molecular complexity index is 641. The van der Waals surface area contributed by atoms with Gasteiger partial charge in [0.05, 0.1) is 6.26 Å². The molecule has 25 heavy (non-hydrogen) atoms. The smallest absolute Gasteiger partial charge is 0.317 e. The number of rotatable bonds is 7. The van der Waals surface area contributed by atoms with Gasteiger partial charge in [-0.1, -0.05) is 6.92 Å². The highest BCUT2D eigenvalue weighted by Crippen LogP contribution is 2.27. The largest absolute Gasteiger partial charge is 0.467 e. The second-order valence-electron chi connectivity index (χ2n) is 6.78. The zero-order valence-corrected chi connectivity index (χ0v) is 14.5. The molecule has 0 saturated carbocycles. The van der Waals surface area contributed by atoms with Crippen molar-refractivity contribution in [3.8, 4) is 0 Å². The molecule has 0 aromatic carbocycles. The third-order valence-electron chi connectivity index (χ3n) is 4.66. The Morgan fingerprint density at radius 3 is 3.12 bits per heavy atom. The Morgan fingerprint density at radius 1 is 1.52 bits per heavy atom. The average molecular weight is 346 g/mol. The van der Waals surface area contributed by atoms with Gasteiger partial charge in [0.1, 0.15) is 11.9 Å². The van der Waals surface area contributed by atoms with E-state index in [-0.39, 0.29) is 12.1 Å². The van der Waals surface area contributed by atoms with Crippen molar-refractivity contribution in [1.29, 1.82) is 0 Å². The zero-order chi connectivity index (χ0) is 17.6. The summed E-state index contributed by atoms with van der Waals surface area (Å²) in [5.74, 6) is 0.846. The molecule has 2 aromatic rings. The van der Waals surface area contributed by atoms with E-state index >= 15 is 0 Å². The Kier molecular flexibility index (Phi) is 5.75. The molecule has 0 bridgehead atoms. The maximum Gasteiger partial charge on any atom is 0.317 e. The number of amides is 2. The van der Waals surface area contributed by atoms with Crippen LogP contribution in [0.3, 0.4) is 0 Å². The lowest BCUT2D eigenvalue weighted by Gasteiger charge is -2.27. The van der Waals surface area contributed by atoms with Gasteiger partial charge in [-0.05, 0) is 37.0 Å². The van der Waals surface area contributed by atoms with Gasteiger partial charge in [0.15, 0.2) is 0 Å². The summed E-state index contributed by atoms with van der Waals surface area (Å²) >= 11 is 0. The van der Waals surface area contributed by atoms with Crippen LogP contribution in [0.5, 0.6) is 0 Å². The van der Waals surface area contributed by atoms with E-state index in [1.54, 1.807) is 24.6 Å². The lowest BCUT2D eigenvalue weighted by Crippen LogP contribution is -2.44. The van der Waals surface area contributed by atoms with E-state index in [4.69, 9.17) is 4.42 Å². The zero-order valence-electron chi connectivity index (χ0n) is 14.5. The van der Waals surface area contributed by atoms with Gasteiger partial charge in [0.25, 0.3) is 0 Å². The molecule has 3 unspecified atom stereocenters. The number of nitrogens with one attached hydrogen (secondary N) is 1. The minimum absolute atomic E-state index is 0.0431. The van der Waals surface area contributed by atoms with Crippen LogP contribution in [0.1, 0.15) is 38.1 Å². The van der Waals surface area contributed by atoms with Gasteiger partial charge in [-0.2, -0.15) is 5.10 Å². The molecule has 1 fully saturated rings. The van der Waals surface area contributed by atoms with Crippen LogP contribution in [-0.2, 0) is 6.54 Å². The van der Waals surface area contributed by atoms with Crippen LogP contribution in [0.15, 0.2) is 41.3 Å². The summed E-state index contributed by atoms with van der Waals surface area (Å²) in [7, 11) is 0. The van der Waals surface area contributed by atoms with Crippen molar-refractivity contribution in [1.82, 2.24) is 20.0 Å². The highest BCUT2D eigenvalue weighted by atomic mass is 16.4. The van der Waals surface area contributed by atoms with Gasteiger partial charge in [-0.25, -0.2) is 4.79 Å². The molecule has 1 aliphatic rings. The number of furan rings is 1. The topological polar surface area (TPSA) is 83.5 Å². The summed E-state index contributed by atoms with van der Waals surface area (Å²) in [5.41, 5.74) is 0. The standard InChI is InChI=1S/C18H26N4O3/c1-14(13-21-8-4-7-20-21)12-19-18(24)22-9-2-5-15(22)11-16(23)17-6-3-10-25-17/h3-4,6-8,10,14-16,23H,2,5,9,11-13H2,1H3,(H,19,24). The van der Waals surface area contributed by atoms with Crippen LogP contribution in [-0.4, -0.2) is 44.9 Å². The number of aliphatic hydroxyl groups excluding tert-OH is 1. The summed E-state index contributed by atoms with van der Waals surface area (Å²) in [6.45, 7) is 4.19. The first-order chi connectivity index (χ1) is 12.1. The van der Waals surface area contributed by atoms with Crippen molar-refractivity contribution in [3.63, 3.8) is 0 Å². The van der Waals surface area contributed by atoms with E-state index < -0.39 is 6.10 Å². The van der Waals surface area contributed by atoms with Gasteiger partial charge in [-0.15, -0.1) is 0 Å². The number of aliphatic hydroxyl groups is 1. The first-order valence-corrected chi connectivity index (χ1v) is 8.87. The molecule has 3 atom stereocenters. The number of nitrogens with zero attached hydrogens (tertiary/aromatic N) is 3. The number of hydrogen-bond acceptors (Lipinski definition) is 4. The van der Waals surface area contributed by atoms with Gasteiger partial charge in [-0.3, -0.25) is 4.68 Å². The Hall–Kier alpha value is -2.28. The summed E-state index contributed by atoms with van der Waals surface area (Å²) in [4.78, 5) is 14.4. The molecular formula is C18H26N4O3. The molecule has 7 heteroatoms. The summed E-state index contributed by atoms with van der Waals surface area (Å²) in [6.07, 6.45) is 6.93. The lowest BCUT2D eigenvalue weighted by atomic mass is 10.1. The van der Waals surface area contributed by atoms with E-state index in [2.05, 4.69) is 17.3 Å². The van der Waals surface area contributed by atoms with Crippen LogP contribution in [0.4, 0.5) is 4.79 Å². The number of carbonyl (C=O) groups is 1. The second-order valence-corrected chi connectivity index (χ2v) is 6.78. The molecule has 7 nitrogen and oxygen atoms in total. The van der Waals surface area contributed by atoms with Crippen LogP contribution in [0.25, 0.3) is 0 Å². The van der Waals surface area contributed by atoms with Gasteiger partial charge < -0.3 is 19.7 Å².